The van der Waals surface area contributed by atoms with Crippen molar-refractivity contribution in [2.75, 3.05) is 7.11 Å². The van der Waals surface area contributed by atoms with Crippen LogP contribution in [0.15, 0.2) is 70.4 Å². The Labute approximate surface area is 149 Å². The van der Waals surface area contributed by atoms with Gasteiger partial charge < -0.3 is 14.3 Å². The molecule has 0 aliphatic carbocycles. The van der Waals surface area contributed by atoms with Gasteiger partial charge in [0.15, 0.2) is 0 Å². The smallest absolute Gasteiger partial charge is 0.354 e. The standard InChI is InChI=1S/C20H18N2O4/c1-26-20(25)17-11-16(12-18(23)21-17)10-14-5-7-15(8-6-14)13-22-9-3-2-4-19(22)24/h2-9,11-12H,10,13H2,1H3,(H,21,23). The highest BCUT2D eigenvalue weighted by Crippen LogP contribution is 2.11. The van der Waals surface area contributed by atoms with Gasteiger partial charge in [0, 0.05) is 18.3 Å². The maximum atomic E-state index is 11.8. The minimum atomic E-state index is -0.576. The fourth-order valence-corrected chi connectivity index (χ4v) is 2.71. The number of nitrogens with one attached hydrogen (secondary N) is 1. The maximum absolute atomic E-state index is 11.8. The topological polar surface area (TPSA) is 81.2 Å². The number of pyridine rings is 2. The molecule has 0 bridgehead atoms. The molecule has 0 radical (unpaired) electrons. The minimum Gasteiger partial charge on any atom is -0.464 e. The van der Waals surface area contributed by atoms with Crippen molar-refractivity contribution in [1.82, 2.24) is 9.55 Å². The van der Waals surface area contributed by atoms with Crippen molar-refractivity contribution in [3.05, 3.63) is 104 Å². The average Bonchev–Trinajstić information content (AvgIpc) is 2.64. The van der Waals surface area contributed by atoms with Crippen LogP contribution in [0.2, 0.25) is 0 Å². The lowest BCUT2D eigenvalue weighted by atomic mass is 10.0. The summed E-state index contributed by atoms with van der Waals surface area (Å²) >= 11 is 0. The molecule has 0 saturated carbocycles. The number of esters is 1. The van der Waals surface area contributed by atoms with E-state index in [1.807, 2.05) is 30.3 Å². The molecular weight excluding hydrogens is 332 g/mol. The van der Waals surface area contributed by atoms with Crippen LogP contribution in [0.3, 0.4) is 0 Å². The molecule has 0 fully saturated rings. The molecule has 2 heterocycles. The molecule has 6 nitrogen and oxygen atoms in total. The van der Waals surface area contributed by atoms with E-state index in [-0.39, 0.29) is 16.8 Å². The Balaban J connectivity index is 1.77. The SMILES string of the molecule is COC(=O)c1cc(Cc2ccc(Cn3ccccc3=O)cc2)cc(=O)[nH]1. The first-order valence-electron chi connectivity index (χ1n) is 8.10. The molecule has 6 heteroatoms. The number of carbonyl (C=O) groups is 1. The monoisotopic (exact) mass is 350 g/mol. The molecule has 0 amide bonds. The molecule has 0 aliphatic heterocycles. The van der Waals surface area contributed by atoms with Crippen molar-refractivity contribution in [2.24, 2.45) is 0 Å². The molecule has 0 spiro atoms. The van der Waals surface area contributed by atoms with Crippen molar-refractivity contribution in [3.8, 4) is 0 Å². The van der Waals surface area contributed by atoms with Crippen molar-refractivity contribution >= 4 is 5.97 Å². The van der Waals surface area contributed by atoms with Gasteiger partial charge >= 0.3 is 5.97 Å². The van der Waals surface area contributed by atoms with Crippen molar-refractivity contribution in [1.29, 1.82) is 0 Å². The summed E-state index contributed by atoms with van der Waals surface area (Å²) in [4.78, 5) is 37.5. The van der Waals surface area contributed by atoms with Gasteiger partial charge in [-0.25, -0.2) is 4.79 Å². The normalized spacial score (nSPS) is 10.5. The maximum Gasteiger partial charge on any atom is 0.354 e. The number of benzene rings is 1. The third kappa shape index (κ3) is 4.16. The third-order valence-electron chi connectivity index (χ3n) is 3.99. The van der Waals surface area contributed by atoms with Gasteiger partial charge in [-0.05, 0) is 35.2 Å². The Hall–Kier alpha value is -3.41. The van der Waals surface area contributed by atoms with Gasteiger partial charge in [-0.1, -0.05) is 30.3 Å². The first kappa shape index (κ1) is 17.4. The second-order valence-corrected chi connectivity index (χ2v) is 5.92. The molecule has 3 rings (SSSR count). The predicted molar refractivity (Wildman–Crippen MR) is 97.5 cm³/mol. The number of carbonyl (C=O) groups excluding carboxylic acids is 1. The number of rotatable bonds is 5. The number of ether oxygens (including phenoxy) is 1. The van der Waals surface area contributed by atoms with E-state index in [1.165, 1.54) is 19.2 Å². The van der Waals surface area contributed by atoms with Crippen LogP contribution in [0, 0.1) is 0 Å². The summed E-state index contributed by atoms with van der Waals surface area (Å²) in [6, 6.07) is 15.9. The molecule has 0 saturated heterocycles. The summed E-state index contributed by atoms with van der Waals surface area (Å²) in [6.07, 6.45) is 2.26. The van der Waals surface area contributed by atoms with Crippen LogP contribution < -0.4 is 11.1 Å². The minimum absolute atomic E-state index is 0.0459. The lowest BCUT2D eigenvalue weighted by molar-refractivity contribution is 0.0593. The van der Waals surface area contributed by atoms with Crippen molar-refractivity contribution in [2.45, 2.75) is 13.0 Å². The van der Waals surface area contributed by atoms with Crippen LogP contribution in [-0.4, -0.2) is 22.6 Å². The summed E-state index contributed by atoms with van der Waals surface area (Å²) < 4.78 is 6.27. The van der Waals surface area contributed by atoms with Gasteiger partial charge in [0.1, 0.15) is 5.69 Å². The molecule has 2 aromatic heterocycles. The number of methoxy groups -OCH3 is 1. The Morgan fingerprint density at radius 3 is 2.42 bits per heavy atom. The largest absolute Gasteiger partial charge is 0.464 e. The van der Waals surface area contributed by atoms with Crippen LogP contribution in [0.5, 0.6) is 0 Å². The van der Waals surface area contributed by atoms with Crippen LogP contribution in [0.25, 0.3) is 0 Å². The Kier molecular flexibility index (Phi) is 5.12. The molecule has 132 valence electrons. The van der Waals surface area contributed by atoms with Gasteiger partial charge in [-0.15, -0.1) is 0 Å². The Morgan fingerprint density at radius 2 is 1.73 bits per heavy atom. The zero-order chi connectivity index (χ0) is 18.5. The predicted octanol–water partition coefficient (Wildman–Crippen LogP) is 1.96. The average molecular weight is 350 g/mol. The zero-order valence-corrected chi connectivity index (χ0v) is 14.3. The molecule has 0 aliphatic rings. The van der Waals surface area contributed by atoms with E-state index in [0.717, 1.165) is 16.7 Å². The second kappa shape index (κ2) is 7.65. The molecule has 1 N–H and O–H groups in total. The van der Waals surface area contributed by atoms with E-state index in [0.29, 0.717) is 13.0 Å². The molecular formula is C20H18N2O4. The quantitative estimate of drug-likeness (QED) is 0.713. The second-order valence-electron chi connectivity index (χ2n) is 5.92. The van der Waals surface area contributed by atoms with E-state index in [2.05, 4.69) is 9.72 Å². The van der Waals surface area contributed by atoms with Crippen LogP contribution in [-0.2, 0) is 17.7 Å². The van der Waals surface area contributed by atoms with Gasteiger partial charge in [0.25, 0.3) is 5.56 Å². The summed E-state index contributed by atoms with van der Waals surface area (Å²) in [5.74, 6) is -0.576. The first-order valence-corrected chi connectivity index (χ1v) is 8.10. The number of aromatic nitrogens is 2. The Bertz CT molecular complexity index is 1030. The van der Waals surface area contributed by atoms with Crippen LogP contribution >= 0.6 is 0 Å². The van der Waals surface area contributed by atoms with E-state index < -0.39 is 5.97 Å². The zero-order valence-electron chi connectivity index (χ0n) is 14.3. The van der Waals surface area contributed by atoms with Gasteiger partial charge in [-0.2, -0.15) is 0 Å². The molecule has 0 unspecified atom stereocenters. The summed E-state index contributed by atoms with van der Waals surface area (Å²) in [6.45, 7) is 0.497. The van der Waals surface area contributed by atoms with E-state index >= 15 is 0 Å². The van der Waals surface area contributed by atoms with Crippen molar-refractivity contribution < 1.29 is 9.53 Å². The van der Waals surface area contributed by atoms with Crippen LogP contribution in [0.1, 0.15) is 27.2 Å². The highest BCUT2D eigenvalue weighted by molar-refractivity contribution is 5.87. The lowest BCUT2D eigenvalue weighted by Crippen LogP contribution is -2.18. The molecule has 3 aromatic rings. The van der Waals surface area contributed by atoms with Crippen LogP contribution in [0.4, 0.5) is 0 Å². The lowest BCUT2D eigenvalue weighted by Gasteiger charge is -2.07. The van der Waals surface area contributed by atoms with E-state index in [9.17, 15) is 14.4 Å². The molecule has 0 atom stereocenters. The highest BCUT2D eigenvalue weighted by atomic mass is 16.5. The number of aromatic amines is 1. The summed E-state index contributed by atoms with van der Waals surface area (Å²) in [7, 11) is 1.27. The number of hydrogen-bond donors (Lipinski definition) is 1. The number of H-pyrrole nitrogens is 1. The first-order chi connectivity index (χ1) is 12.5. The molecule has 1 aromatic carbocycles. The third-order valence-corrected chi connectivity index (χ3v) is 3.99. The summed E-state index contributed by atoms with van der Waals surface area (Å²) in [5, 5.41) is 0. The number of hydrogen-bond acceptors (Lipinski definition) is 4. The van der Waals surface area contributed by atoms with E-state index in [1.54, 1.807) is 22.9 Å². The van der Waals surface area contributed by atoms with Gasteiger partial charge in [-0.3, -0.25) is 9.59 Å². The highest BCUT2D eigenvalue weighted by Gasteiger charge is 2.09. The fourth-order valence-electron chi connectivity index (χ4n) is 2.71. The Morgan fingerprint density at radius 1 is 1.00 bits per heavy atom. The van der Waals surface area contributed by atoms with Gasteiger partial charge in [0.05, 0.1) is 13.7 Å². The summed E-state index contributed by atoms with van der Waals surface area (Å²) in [5.41, 5.74) is 2.47. The molecule has 26 heavy (non-hydrogen) atoms. The van der Waals surface area contributed by atoms with Gasteiger partial charge in [0.2, 0.25) is 5.56 Å². The fraction of sp³-hybridized carbons (Fsp3) is 0.150. The number of nitrogens with zero attached hydrogens (tertiary/aromatic N) is 1. The van der Waals surface area contributed by atoms with E-state index in [4.69, 9.17) is 0 Å². The van der Waals surface area contributed by atoms with Crippen molar-refractivity contribution in [3.63, 3.8) is 0 Å².